The zero-order valence-corrected chi connectivity index (χ0v) is 21.4. The number of non-ortho nitro benzene ring substituents is 1. The second-order valence-corrected chi connectivity index (χ2v) is 9.76. The normalized spacial score (nSPS) is 11.2. The van der Waals surface area contributed by atoms with Gasteiger partial charge in [-0.15, -0.1) is 0 Å². The smallest absolute Gasteiger partial charge is 0.339 e. The van der Waals surface area contributed by atoms with E-state index in [9.17, 15) is 33.4 Å². The Labute approximate surface area is 219 Å². The van der Waals surface area contributed by atoms with E-state index in [2.05, 4.69) is 26.6 Å². The first kappa shape index (κ1) is 27.1. The summed E-state index contributed by atoms with van der Waals surface area (Å²) in [7, 11) is -4.20. The molecule has 0 aliphatic carbocycles. The van der Waals surface area contributed by atoms with Gasteiger partial charge in [-0.3, -0.25) is 19.7 Å². The third-order valence-electron chi connectivity index (χ3n) is 4.61. The molecule has 2 N–H and O–H groups in total. The van der Waals surface area contributed by atoms with E-state index in [0.29, 0.717) is 11.3 Å². The van der Waals surface area contributed by atoms with Crippen LogP contribution in [0.2, 0.25) is 0 Å². The molecule has 0 atom stereocenters. The van der Waals surface area contributed by atoms with Crippen LogP contribution in [0, 0.1) is 21.4 Å². The Hall–Kier alpha value is -4.54. The summed E-state index contributed by atoms with van der Waals surface area (Å²) >= 11 is 3.22. The molecule has 0 bridgehead atoms. The molecule has 188 valence electrons. The van der Waals surface area contributed by atoms with E-state index in [-0.39, 0.29) is 38.0 Å². The SMILES string of the molecule is CC(=O)Nc1ccc(S(=O)(=O)Oc2ccc(/C=C(\C#N)C(=O)Nc3cccc([N+](=O)[O-])c3)cc2Br)cc1. The van der Waals surface area contributed by atoms with Gasteiger partial charge >= 0.3 is 10.1 Å². The summed E-state index contributed by atoms with van der Waals surface area (Å²) in [5.41, 5.74) is 0.423. The highest BCUT2D eigenvalue weighted by Gasteiger charge is 2.19. The van der Waals surface area contributed by atoms with E-state index in [0.717, 1.165) is 6.07 Å². The van der Waals surface area contributed by atoms with Crippen LogP contribution >= 0.6 is 15.9 Å². The Morgan fingerprint density at radius 3 is 2.35 bits per heavy atom. The fraction of sp³-hybridized carbons (Fsp3) is 0.0417. The van der Waals surface area contributed by atoms with Crippen molar-refractivity contribution in [1.29, 1.82) is 5.26 Å². The molecule has 3 rings (SSSR count). The number of nitrogens with zero attached hydrogens (tertiary/aromatic N) is 2. The number of hydrogen-bond donors (Lipinski definition) is 2. The molecular weight excluding hydrogens is 568 g/mol. The standard InChI is InChI=1S/C24H17BrN4O7S/c1-15(30)27-18-6-8-21(9-7-18)37(34,35)36-23-10-5-16(12-22(23)25)11-17(14-26)24(31)28-19-3-2-4-20(13-19)29(32)33/h2-13H,1H3,(H,27,30)(H,28,31)/b17-11+. The molecule has 0 saturated heterocycles. The minimum absolute atomic E-state index is 0.0392. The minimum atomic E-state index is -4.20. The molecule has 0 radical (unpaired) electrons. The molecule has 0 heterocycles. The van der Waals surface area contributed by atoms with E-state index >= 15 is 0 Å². The van der Waals surface area contributed by atoms with Gasteiger partial charge in [0.25, 0.3) is 11.6 Å². The van der Waals surface area contributed by atoms with Crippen molar-refractivity contribution < 1.29 is 27.1 Å². The first-order chi connectivity index (χ1) is 17.5. The number of halogens is 1. The van der Waals surface area contributed by atoms with Crippen LogP contribution in [0.1, 0.15) is 12.5 Å². The van der Waals surface area contributed by atoms with Gasteiger partial charge in [-0.2, -0.15) is 13.7 Å². The minimum Gasteiger partial charge on any atom is -0.378 e. The van der Waals surface area contributed by atoms with Gasteiger partial charge in [-0.25, -0.2) is 0 Å². The lowest BCUT2D eigenvalue weighted by Gasteiger charge is -2.10. The van der Waals surface area contributed by atoms with E-state index < -0.39 is 20.9 Å². The molecule has 0 aromatic heterocycles. The number of benzene rings is 3. The Morgan fingerprint density at radius 1 is 1.05 bits per heavy atom. The molecule has 0 aliphatic rings. The topological polar surface area (TPSA) is 168 Å². The number of carbonyl (C=O) groups excluding carboxylic acids is 2. The summed E-state index contributed by atoms with van der Waals surface area (Å²) < 4.78 is 30.7. The molecule has 11 nitrogen and oxygen atoms in total. The predicted octanol–water partition coefficient (Wildman–Crippen LogP) is 4.63. The predicted molar refractivity (Wildman–Crippen MR) is 138 cm³/mol. The zero-order valence-electron chi connectivity index (χ0n) is 19.0. The highest BCUT2D eigenvalue weighted by molar-refractivity contribution is 9.10. The van der Waals surface area contributed by atoms with Crippen molar-refractivity contribution in [2.24, 2.45) is 0 Å². The number of nitrogens with one attached hydrogen (secondary N) is 2. The number of carbonyl (C=O) groups is 2. The third-order valence-corrected chi connectivity index (χ3v) is 6.48. The highest BCUT2D eigenvalue weighted by Crippen LogP contribution is 2.30. The van der Waals surface area contributed by atoms with Crippen molar-refractivity contribution >= 4 is 61.0 Å². The van der Waals surface area contributed by atoms with Gasteiger partial charge < -0.3 is 14.8 Å². The number of amides is 2. The number of nitriles is 1. The fourth-order valence-corrected chi connectivity index (χ4v) is 4.49. The molecule has 37 heavy (non-hydrogen) atoms. The summed E-state index contributed by atoms with van der Waals surface area (Å²) in [4.78, 5) is 33.8. The van der Waals surface area contributed by atoms with Crippen molar-refractivity contribution in [2.75, 3.05) is 10.6 Å². The zero-order chi connectivity index (χ0) is 27.2. The van der Waals surface area contributed by atoms with Crippen LogP contribution in [0.4, 0.5) is 17.1 Å². The van der Waals surface area contributed by atoms with Crippen LogP contribution in [0.5, 0.6) is 5.75 Å². The fourth-order valence-electron chi connectivity index (χ4n) is 2.96. The highest BCUT2D eigenvalue weighted by atomic mass is 79.9. The molecule has 0 aliphatic heterocycles. The molecule has 3 aromatic rings. The lowest BCUT2D eigenvalue weighted by atomic mass is 10.1. The average molecular weight is 585 g/mol. The second-order valence-electron chi connectivity index (χ2n) is 7.36. The molecule has 3 aromatic carbocycles. The van der Waals surface area contributed by atoms with Gasteiger partial charge in [-0.05, 0) is 70.0 Å². The van der Waals surface area contributed by atoms with Crippen molar-refractivity contribution in [1.82, 2.24) is 0 Å². The Bertz CT molecular complexity index is 1560. The number of rotatable bonds is 8. The molecule has 13 heteroatoms. The Balaban J connectivity index is 1.77. The van der Waals surface area contributed by atoms with Crippen LogP contribution in [-0.2, 0) is 19.7 Å². The quantitative estimate of drug-likeness (QED) is 0.127. The number of nitro groups is 1. The first-order valence-electron chi connectivity index (χ1n) is 10.3. The maximum absolute atomic E-state index is 12.6. The number of anilines is 2. The van der Waals surface area contributed by atoms with Gasteiger partial charge in [0.2, 0.25) is 5.91 Å². The number of nitro benzene ring substituents is 1. The summed E-state index contributed by atoms with van der Waals surface area (Å²) in [5, 5.41) is 25.3. The second kappa shape index (κ2) is 11.5. The first-order valence-corrected chi connectivity index (χ1v) is 12.5. The largest absolute Gasteiger partial charge is 0.378 e. The number of hydrogen-bond acceptors (Lipinski definition) is 8. The van der Waals surface area contributed by atoms with Crippen molar-refractivity contribution in [2.45, 2.75) is 11.8 Å². The van der Waals surface area contributed by atoms with Gasteiger partial charge in [0.15, 0.2) is 5.75 Å². The lowest BCUT2D eigenvalue weighted by molar-refractivity contribution is -0.384. The van der Waals surface area contributed by atoms with E-state index in [4.69, 9.17) is 4.18 Å². The molecule has 0 unspecified atom stereocenters. The average Bonchev–Trinajstić information content (AvgIpc) is 2.84. The van der Waals surface area contributed by atoms with Gasteiger partial charge in [0.1, 0.15) is 16.5 Å². The Kier molecular flexibility index (Phi) is 8.38. The maximum atomic E-state index is 12.6. The third kappa shape index (κ3) is 7.23. The molecule has 0 spiro atoms. The van der Waals surface area contributed by atoms with Crippen LogP contribution in [0.15, 0.2) is 81.7 Å². The van der Waals surface area contributed by atoms with Crippen molar-refractivity contribution in [3.05, 3.63) is 92.5 Å². The van der Waals surface area contributed by atoms with Crippen LogP contribution in [-0.4, -0.2) is 25.2 Å². The van der Waals surface area contributed by atoms with E-state index in [1.165, 1.54) is 73.7 Å². The van der Waals surface area contributed by atoms with Crippen molar-refractivity contribution in [3.8, 4) is 11.8 Å². The van der Waals surface area contributed by atoms with Gasteiger partial charge in [-0.1, -0.05) is 12.1 Å². The molecule has 2 amide bonds. The van der Waals surface area contributed by atoms with E-state index in [1.807, 2.05) is 0 Å². The maximum Gasteiger partial charge on any atom is 0.339 e. The summed E-state index contributed by atoms with van der Waals surface area (Å²) in [6.45, 7) is 1.33. The van der Waals surface area contributed by atoms with Gasteiger partial charge in [0.05, 0.1) is 9.40 Å². The van der Waals surface area contributed by atoms with Gasteiger partial charge in [0, 0.05) is 30.4 Å². The summed E-state index contributed by atoms with van der Waals surface area (Å²) in [6.07, 6.45) is 1.26. The van der Waals surface area contributed by atoms with Crippen LogP contribution in [0.25, 0.3) is 6.08 Å². The Morgan fingerprint density at radius 2 is 1.76 bits per heavy atom. The molecular formula is C24H17BrN4O7S. The lowest BCUT2D eigenvalue weighted by Crippen LogP contribution is -2.13. The van der Waals surface area contributed by atoms with Crippen LogP contribution < -0.4 is 14.8 Å². The summed E-state index contributed by atoms with van der Waals surface area (Å²) in [5.74, 6) is -1.13. The molecule has 0 fully saturated rings. The molecule has 0 saturated carbocycles. The van der Waals surface area contributed by atoms with Crippen LogP contribution in [0.3, 0.4) is 0 Å². The van der Waals surface area contributed by atoms with E-state index in [1.54, 1.807) is 6.07 Å². The van der Waals surface area contributed by atoms with Crippen molar-refractivity contribution in [3.63, 3.8) is 0 Å². The monoisotopic (exact) mass is 584 g/mol. The summed E-state index contributed by atoms with van der Waals surface area (Å²) in [6, 6.07) is 16.6.